The molecule has 0 saturated carbocycles. The number of nitrogens with zero attached hydrogens (tertiary/aromatic N) is 4. The number of nitrogens with one attached hydrogen (secondary N) is 1. The quantitative estimate of drug-likeness (QED) is 0.896. The summed E-state index contributed by atoms with van der Waals surface area (Å²) >= 11 is 0. The highest BCUT2D eigenvalue weighted by Gasteiger charge is 2.10. The predicted molar refractivity (Wildman–Crippen MR) is 72.2 cm³/mol. The number of hydrogen-bond donors (Lipinski definition) is 1. The van der Waals surface area contributed by atoms with E-state index in [2.05, 4.69) is 40.3 Å². The molecule has 0 aliphatic heterocycles. The number of rotatable bonds is 4. The van der Waals surface area contributed by atoms with E-state index in [0.717, 1.165) is 36.0 Å². The molecule has 0 atom stereocenters. The zero-order valence-corrected chi connectivity index (χ0v) is 11.4. The predicted octanol–water partition coefficient (Wildman–Crippen LogP) is 2.14. The van der Waals surface area contributed by atoms with Gasteiger partial charge >= 0.3 is 0 Å². The van der Waals surface area contributed by atoms with E-state index in [4.69, 9.17) is 0 Å². The van der Waals surface area contributed by atoms with E-state index in [9.17, 15) is 0 Å². The van der Waals surface area contributed by atoms with Crippen molar-refractivity contribution in [3.8, 4) is 5.82 Å². The lowest BCUT2D eigenvalue weighted by Gasteiger charge is -2.07. The monoisotopic (exact) mass is 245 g/mol. The Hall–Kier alpha value is -1.91. The zero-order chi connectivity index (χ0) is 13.1. The molecule has 2 rings (SSSR count). The van der Waals surface area contributed by atoms with Gasteiger partial charge in [-0.1, -0.05) is 13.8 Å². The largest absolute Gasteiger partial charge is 0.373 e. The Kier molecular flexibility index (Phi) is 3.60. The summed E-state index contributed by atoms with van der Waals surface area (Å²) in [4.78, 5) is 8.75. The van der Waals surface area contributed by atoms with Crippen LogP contribution in [0, 0.1) is 6.92 Å². The lowest BCUT2D eigenvalue weighted by molar-refractivity contribution is 0.763. The van der Waals surface area contributed by atoms with Gasteiger partial charge in [0.15, 0.2) is 5.82 Å². The fourth-order valence-corrected chi connectivity index (χ4v) is 1.89. The minimum atomic E-state index is 0.743. The smallest absolute Gasteiger partial charge is 0.159 e. The summed E-state index contributed by atoms with van der Waals surface area (Å²) in [7, 11) is 1.85. The normalized spacial score (nSPS) is 10.7. The Morgan fingerprint density at radius 1 is 1.17 bits per heavy atom. The third-order valence-corrected chi connectivity index (χ3v) is 2.86. The van der Waals surface area contributed by atoms with Crippen LogP contribution in [0.5, 0.6) is 0 Å². The highest BCUT2D eigenvalue weighted by Crippen LogP contribution is 2.15. The van der Waals surface area contributed by atoms with Gasteiger partial charge in [-0.15, -0.1) is 0 Å². The van der Waals surface area contributed by atoms with Crippen molar-refractivity contribution in [1.82, 2.24) is 19.7 Å². The molecule has 0 amide bonds. The summed E-state index contributed by atoms with van der Waals surface area (Å²) in [5.41, 5.74) is 2.26. The van der Waals surface area contributed by atoms with Gasteiger partial charge in [-0.05, 0) is 25.8 Å². The van der Waals surface area contributed by atoms with Crippen LogP contribution in [0.3, 0.4) is 0 Å². The molecule has 2 aromatic heterocycles. The molecular weight excluding hydrogens is 226 g/mol. The molecule has 96 valence electrons. The number of hydrogen-bond acceptors (Lipinski definition) is 4. The first-order valence-corrected chi connectivity index (χ1v) is 6.29. The lowest BCUT2D eigenvalue weighted by Crippen LogP contribution is -2.07. The van der Waals surface area contributed by atoms with Crippen molar-refractivity contribution in [2.75, 3.05) is 12.4 Å². The summed E-state index contributed by atoms with van der Waals surface area (Å²) in [5, 5.41) is 7.63. The van der Waals surface area contributed by atoms with E-state index in [1.54, 1.807) is 0 Å². The minimum Gasteiger partial charge on any atom is -0.373 e. The second kappa shape index (κ2) is 5.16. The molecule has 0 aromatic carbocycles. The van der Waals surface area contributed by atoms with Gasteiger partial charge in [0.1, 0.15) is 11.6 Å². The van der Waals surface area contributed by atoms with Crippen molar-refractivity contribution < 1.29 is 0 Å². The maximum atomic E-state index is 4.58. The fraction of sp³-hybridized carbons (Fsp3) is 0.462. The first kappa shape index (κ1) is 12.5. The molecule has 0 aliphatic rings. The Balaban J connectivity index is 2.53. The van der Waals surface area contributed by atoms with E-state index < -0.39 is 0 Å². The second-order valence-electron chi connectivity index (χ2n) is 4.15. The van der Waals surface area contributed by atoms with Crippen LogP contribution in [0.15, 0.2) is 12.1 Å². The molecule has 0 aliphatic carbocycles. The van der Waals surface area contributed by atoms with Crippen molar-refractivity contribution in [2.24, 2.45) is 0 Å². The molecule has 1 N–H and O–H groups in total. The van der Waals surface area contributed by atoms with Gasteiger partial charge in [0.2, 0.25) is 0 Å². The van der Waals surface area contributed by atoms with Crippen LogP contribution in [0.2, 0.25) is 0 Å². The lowest BCUT2D eigenvalue weighted by atomic mass is 10.2. The molecule has 2 heterocycles. The highest BCUT2D eigenvalue weighted by molar-refractivity contribution is 5.41. The molecule has 5 heteroatoms. The van der Waals surface area contributed by atoms with Crippen molar-refractivity contribution in [1.29, 1.82) is 0 Å². The van der Waals surface area contributed by atoms with Gasteiger partial charge in [-0.25, -0.2) is 14.6 Å². The minimum absolute atomic E-state index is 0.743. The van der Waals surface area contributed by atoms with E-state index >= 15 is 0 Å². The molecule has 5 nitrogen and oxygen atoms in total. The Labute approximate surface area is 107 Å². The van der Waals surface area contributed by atoms with Crippen molar-refractivity contribution >= 4 is 5.82 Å². The molecule has 2 aromatic rings. The molecule has 0 radical (unpaired) electrons. The molecular formula is C13H19N5. The average Bonchev–Trinajstić information content (AvgIpc) is 2.81. The van der Waals surface area contributed by atoms with Crippen LogP contribution < -0.4 is 5.32 Å². The molecule has 0 bridgehead atoms. The first-order valence-electron chi connectivity index (χ1n) is 6.29. The number of aromatic nitrogens is 4. The molecule has 0 unspecified atom stereocenters. The maximum Gasteiger partial charge on any atom is 0.159 e. The molecule has 18 heavy (non-hydrogen) atoms. The SMILES string of the molecule is CCc1cc(CC)n(-c2cc(NC)nc(C)n2)n1. The molecule has 0 fully saturated rings. The summed E-state index contributed by atoms with van der Waals surface area (Å²) in [6.07, 6.45) is 1.87. The summed E-state index contributed by atoms with van der Waals surface area (Å²) in [5.74, 6) is 2.38. The van der Waals surface area contributed by atoms with Crippen LogP contribution in [-0.2, 0) is 12.8 Å². The Bertz CT molecular complexity index is 544. The third-order valence-electron chi connectivity index (χ3n) is 2.86. The van der Waals surface area contributed by atoms with E-state index in [-0.39, 0.29) is 0 Å². The third kappa shape index (κ3) is 2.34. The van der Waals surface area contributed by atoms with Gasteiger partial charge in [-0.3, -0.25) is 0 Å². The van der Waals surface area contributed by atoms with E-state index in [1.165, 1.54) is 5.69 Å². The van der Waals surface area contributed by atoms with E-state index in [0.29, 0.717) is 0 Å². The summed E-state index contributed by atoms with van der Waals surface area (Å²) in [6.45, 7) is 6.12. The van der Waals surface area contributed by atoms with Gasteiger partial charge in [0.25, 0.3) is 0 Å². The standard InChI is InChI=1S/C13H19N5/c1-5-10-7-11(6-2)18(17-10)13-8-12(14-4)15-9(3)16-13/h7-8H,5-6H2,1-4H3,(H,14,15,16). The topological polar surface area (TPSA) is 55.6 Å². The molecule has 0 spiro atoms. The van der Waals surface area contributed by atoms with Gasteiger partial charge in [0.05, 0.1) is 5.69 Å². The van der Waals surface area contributed by atoms with Gasteiger partial charge in [-0.2, -0.15) is 5.10 Å². The van der Waals surface area contributed by atoms with Crippen LogP contribution in [0.4, 0.5) is 5.82 Å². The summed E-state index contributed by atoms with van der Waals surface area (Å²) < 4.78 is 1.91. The fourth-order valence-electron chi connectivity index (χ4n) is 1.89. The zero-order valence-electron chi connectivity index (χ0n) is 11.4. The van der Waals surface area contributed by atoms with Crippen LogP contribution >= 0.6 is 0 Å². The van der Waals surface area contributed by atoms with Crippen LogP contribution in [0.25, 0.3) is 5.82 Å². The van der Waals surface area contributed by atoms with Crippen molar-refractivity contribution in [3.05, 3.63) is 29.3 Å². The maximum absolute atomic E-state index is 4.58. The average molecular weight is 245 g/mol. The van der Waals surface area contributed by atoms with E-state index in [1.807, 2.05) is 24.7 Å². The summed E-state index contributed by atoms with van der Waals surface area (Å²) in [6, 6.07) is 4.05. The van der Waals surface area contributed by atoms with Crippen molar-refractivity contribution in [3.63, 3.8) is 0 Å². The van der Waals surface area contributed by atoms with Crippen LogP contribution in [-0.4, -0.2) is 26.8 Å². The Morgan fingerprint density at radius 3 is 2.56 bits per heavy atom. The first-order chi connectivity index (χ1) is 8.67. The van der Waals surface area contributed by atoms with Gasteiger partial charge in [0, 0.05) is 18.8 Å². The molecule has 0 saturated heterocycles. The van der Waals surface area contributed by atoms with Crippen LogP contribution in [0.1, 0.15) is 31.1 Å². The van der Waals surface area contributed by atoms with Crippen molar-refractivity contribution in [2.45, 2.75) is 33.6 Å². The second-order valence-corrected chi connectivity index (χ2v) is 4.15. The Morgan fingerprint density at radius 2 is 1.94 bits per heavy atom. The van der Waals surface area contributed by atoms with Gasteiger partial charge < -0.3 is 5.32 Å². The number of aryl methyl sites for hydroxylation is 3. The highest BCUT2D eigenvalue weighted by atomic mass is 15.3. The number of anilines is 1.